The lowest BCUT2D eigenvalue weighted by Gasteiger charge is -2.44. The first-order valence-corrected chi connectivity index (χ1v) is 8.85. The lowest BCUT2D eigenvalue weighted by molar-refractivity contribution is -0.118. The normalized spacial score (nSPS) is 23.5. The van der Waals surface area contributed by atoms with Crippen LogP contribution in [-0.4, -0.2) is 10.8 Å². The van der Waals surface area contributed by atoms with Crippen molar-refractivity contribution in [2.45, 2.75) is 39.0 Å². The lowest BCUT2D eigenvalue weighted by atomic mass is 9.62. The zero-order valence-corrected chi connectivity index (χ0v) is 15.3. The van der Waals surface area contributed by atoms with Crippen molar-refractivity contribution in [2.24, 2.45) is 5.41 Å². The Bertz CT molecular complexity index is 988. The van der Waals surface area contributed by atoms with E-state index in [-0.39, 0.29) is 12.6 Å². The second-order valence-corrected chi connectivity index (χ2v) is 8.14. The van der Waals surface area contributed by atoms with E-state index in [0.717, 1.165) is 34.6 Å². The lowest BCUT2D eigenvalue weighted by Crippen LogP contribution is -2.42. The number of fused-ring (bicyclic) bond motifs is 1. The smallest absolute Gasteiger partial charge is 0.162 e. The van der Waals surface area contributed by atoms with Gasteiger partial charge in [0.2, 0.25) is 0 Å². The predicted octanol–water partition coefficient (Wildman–Crippen LogP) is 4.57. The molecule has 26 heavy (non-hydrogen) atoms. The van der Waals surface area contributed by atoms with Gasteiger partial charge in [-0.2, -0.15) is 5.26 Å². The summed E-state index contributed by atoms with van der Waals surface area (Å²) in [6.07, 6.45) is 2.91. The van der Waals surface area contributed by atoms with E-state index in [1.165, 1.54) is 0 Å². The Kier molecular flexibility index (Phi) is 3.52. The molecule has 1 atom stereocenters. The number of nitriles is 1. The molecule has 0 fully saturated rings. The van der Waals surface area contributed by atoms with Gasteiger partial charge in [-0.1, -0.05) is 44.2 Å². The average Bonchev–Trinajstić information content (AvgIpc) is 2.60. The number of carbonyl (C=O) groups excluding carboxylic acids is 1. The molecule has 0 radical (unpaired) electrons. The monoisotopic (exact) mass is 345 g/mol. The first-order valence-electron chi connectivity index (χ1n) is 8.85. The number of benzene rings is 1. The Morgan fingerprint density at radius 1 is 1.19 bits per heavy atom. The number of nitrogens with one attached hydrogen (secondary N) is 1. The third kappa shape index (κ3) is 2.35. The molecule has 2 aliphatic rings. The van der Waals surface area contributed by atoms with Crippen molar-refractivity contribution in [1.29, 1.82) is 5.26 Å². The maximum Gasteiger partial charge on any atom is 0.162 e. The van der Waals surface area contributed by atoms with Crippen molar-refractivity contribution in [3.8, 4) is 6.07 Å². The number of allylic oxidation sites excluding steroid dienone is 2. The molecule has 1 aliphatic carbocycles. The molecule has 1 aliphatic heterocycles. The number of hydrogen-bond donors (Lipinski definition) is 1. The molecule has 4 rings (SSSR count). The zero-order chi connectivity index (χ0) is 18.5. The van der Waals surface area contributed by atoms with Crippen molar-refractivity contribution in [3.63, 3.8) is 0 Å². The molecule has 132 valence electrons. The van der Waals surface area contributed by atoms with Crippen molar-refractivity contribution in [1.82, 2.24) is 4.98 Å². The van der Waals surface area contributed by atoms with Crippen molar-refractivity contribution >= 4 is 11.6 Å². The molecular weight excluding hydrogens is 322 g/mol. The van der Waals surface area contributed by atoms with Gasteiger partial charge in [0.1, 0.15) is 11.9 Å². The van der Waals surface area contributed by atoms with Gasteiger partial charge in [0.25, 0.3) is 0 Å². The highest BCUT2D eigenvalue weighted by Crippen LogP contribution is 2.51. The number of Topliss-reactive ketones (excluding diaryl/α,β-unsaturated/α-hetero) is 1. The molecular formula is C22H23N3O. The number of aromatic nitrogens is 1. The molecule has 2 heterocycles. The van der Waals surface area contributed by atoms with Crippen LogP contribution in [0.4, 0.5) is 5.82 Å². The number of nitrogens with zero attached hydrogens (tertiary/aromatic N) is 2. The van der Waals surface area contributed by atoms with Gasteiger partial charge < -0.3 is 5.32 Å². The minimum absolute atomic E-state index is 0. The Morgan fingerprint density at radius 3 is 2.62 bits per heavy atom. The highest BCUT2D eigenvalue weighted by Gasteiger charge is 2.47. The van der Waals surface area contributed by atoms with Gasteiger partial charge in [-0.25, -0.2) is 4.98 Å². The van der Waals surface area contributed by atoms with Gasteiger partial charge in [-0.15, -0.1) is 0 Å². The van der Waals surface area contributed by atoms with E-state index in [1.54, 1.807) is 6.20 Å². The second-order valence-electron chi connectivity index (χ2n) is 8.14. The summed E-state index contributed by atoms with van der Waals surface area (Å²) in [7, 11) is 0. The van der Waals surface area contributed by atoms with Gasteiger partial charge >= 0.3 is 0 Å². The van der Waals surface area contributed by atoms with Crippen LogP contribution in [0.25, 0.3) is 0 Å². The molecule has 2 aromatic rings. The van der Waals surface area contributed by atoms with E-state index in [2.05, 4.69) is 37.1 Å². The number of hydrogen-bond acceptors (Lipinski definition) is 4. The van der Waals surface area contributed by atoms with Crippen molar-refractivity contribution < 1.29 is 6.22 Å². The summed E-state index contributed by atoms with van der Waals surface area (Å²) in [5.41, 5.74) is 3.50. The number of rotatable bonds is 1. The summed E-state index contributed by atoms with van der Waals surface area (Å²) in [6.45, 7) is 6.33. The SMILES string of the molecule is CC1(C)CC(=O)C2=C(C1)Nc1ncc(C#N)cc1[C@]2(C)c1ccccc1.[HH]. The summed E-state index contributed by atoms with van der Waals surface area (Å²) < 4.78 is 0. The maximum absolute atomic E-state index is 13.2. The van der Waals surface area contributed by atoms with E-state index in [0.29, 0.717) is 12.0 Å². The molecule has 4 heteroatoms. The predicted molar refractivity (Wildman–Crippen MR) is 103 cm³/mol. The second kappa shape index (κ2) is 5.54. The van der Waals surface area contributed by atoms with Crippen LogP contribution in [0, 0.1) is 16.7 Å². The van der Waals surface area contributed by atoms with Crippen LogP contribution in [0.15, 0.2) is 53.9 Å². The minimum Gasteiger partial charge on any atom is -0.343 e. The molecule has 0 amide bonds. The molecule has 0 bridgehead atoms. The van der Waals surface area contributed by atoms with Gasteiger partial charge in [0.15, 0.2) is 5.78 Å². The fourth-order valence-corrected chi connectivity index (χ4v) is 4.36. The van der Waals surface area contributed by atoms with E-state index < -0.39 is 5.41 Å². The van der Waals surface area contributed by atoms with E-state index in [1.807, 2.05) is 36.4 Å². The number of pyridine rings is 1. The molecule has 1 aromatic carbocycles. The average molecular weight is 345 g/mol. The minimum atomic E-state index is -0.620. The standard InChI is InChI=1S/C22H21N3O.H2/c1-21(2)10-17-19(18(26)11-21)22(3,15-7-5-4-6-8-15)16-9-14(12-23)13-24-20(16)25-17;/h4-9,13H,10-11H2,1-3H3,(H,24,25);1H/t22-;/m0./s1. The summed E-state index contributed by atoms with van der Waals surface area (Å²) >= 11 is 0. The highest BCUT2D eigenvalue weighted by atomic mass is 16.1. The van der Waals surface area contributed by atoms with Crippen LogP contribution in [0.1, 0.15) is 51.7 Å². The third-order valence-corrected chi connectivity index (χ3v) is 5.55. The van der Waals surface area contributed by atoms with Crippen LogP contribution in [-0.2, 0) is 10.2 Å². The number of anilines is 1. The van der Waals surface area contributed by atoms with Crippen molar-refractivity contribution in [3.05, 3.63) is 70.6 Å². The molecule has 0 saturated heterocycles. The molecule has 1 aromatic heterocycles. The molecule has 0 saturated carbocycles. The Morgan fingerprint density at radius 2 is 1.92 bits per heavy atom. The quantitative estimate of drug-likeness (QED) is 0.822. The van der Waals surface area contributed by atoms with Crippen LogP contribution in [0.2, 0.25) is 0 Å². The highest BCUT2D eigenvalue weighted by molar-refractivity contribution is 6.02. The molecule has 4 nitrogen and oxygen atoms in total. The van der Waals surface area contributed by atoms with Gasteiger partial charge in [-0.05, 0) is 30.4 Å². The number of carbonyl (C=O) groups is 1. The van der Waals surface area contributed by atoms with E-state index >= 15 is 0 Å². The van der Waals surface area contributed by atoms with Gasteiger partial charge in [-0.3, -0.25) is 4.79 Å². The summed E-state index contributed by atoms with van der Waals surface area (Å²) in [5.74, 6) is 0.905. The topological polar surface area (TPSA) is 65.8 Å². The summed E-state index contributed by atoms with van der Waals surface area (Å²) in [6, 6.07) is 14.1. The van der Waals surface area contributed by atoms with Crippen LogP contribution >= 0.6 is 0 Å². The van der Waals surface area contributed by atoms with Crippen molar-refractivity contribution in [2.75, 3.05) is 5.32 Å². The van der Waals surface area contributed by atoms with Crippen LogP contribution < -0.4 is 5.32 Å². The first kappa shape index (κ1) is 16.5. The van der Waals surface area contributed by atoms with E-state index in [9.17, 15) is 10.1 Å². The van der Waals surface area contributed by atoms with Crippen LogP contribution in [0.3, 0.4) is 0 Å². The number of ketones is 1. The maximum atomic E-state index is 13.2. The van der Waals surface area contributed by atoms with E-state index in [4.69, 9.17) is 0 Å². The van der Waals surface area contributed by atoms with Crippen LogP contribution in [0.5, 0.6) is 0 Å². The Labute approximate surface area is 155 Å². The van der Waals surface area contributed by atoms with Gasteiger partial charge in [0.05, 0.1) is 11.0 Å². The third-order valence-electron chi connectivity index (χ3n) is 5.55. The fraction of sp³-hybridized carbons (Fsp3) is 0.318. The first-order chi connectivity index (χ1) is 12.3. The zero-order valence-electron chi connectivity index (χ0n) is 15.3. The summed E-state index contributed by atoms with van der Waals surface area (Å²) in [5, 5.41) is 12.7. The van der Waals surface area contributed by atoms with Gasteiger partial charge in [0, 0.05) is 30.9 Å². The Hall–Kier alpha value is -2.93. The fourth-order valence-electron chi connectivity index (χ4n) is 4.36. The summed E-state index contributed by atoms with van der Waals surface area (Å²) in [4.78, 5) is 17.7. The molecule has 0 spiro atoms. The largest absolute Gasteiger partial charge is 0.343 e. The molecule has 0 unspecified atom stereocenters. The molecule has 1 N–H and O–H groups in total. The Balaban J connectivity index is 0.00000210.